The van der Waals surface area contributed by atoms with Crippen LogP contribution in [0.15, 0.2) is 6.07 Å². The van der Waals surface area contributed by atoms with Crippen LogP contribution in [0.1, 0.15) is 50.7 Å². The molecule has 0 fully saturated rings. The molecule has 0 radical (unpaired) electrons. The first kappa shape index (κ1) is 11.8. The molecular formula is C12H17FO2. The molecule has 1 rings (SSSR count). The summed E-state index contributed by atoms with van der Waals surface area (Å²) < 4.78 is 13.5. The first-order valence-electron chi connectivity index (χ1n) is 5.10. The molecule has 1 aromatic carbocycles. The number of benzene rings is 1. The Balaban J connectivity index is 3.45. The summed E-state index contributed by atoms with van der Waals surface area (Å²) in [7, 11) is 0. The largest absolute Gasteiger partial charge is 0.504 e. The molecule has 0 heterocycles. The average molecular weight is 212 g/mol. The molecular weight excluding hydrogens is 195 g/mol. The van der Waals surface area contributed by atoms with Crippen LogP contribution in [0.25, 0.3) is 0 Å². The maximum absolute atomic E-state index is 13.5. The summed E-state index contributed by atoms with van der Waals surface area (Å²) in [6.07, 6.45) is 0. The first-order chi connectivity index (χ1) is 6.86. The second-order valence-corrected chi connectivity index (χ2v) is 4.38. The van der Waals surface area contributed by atoms with Gasteiger partial charge in [0.25, 0.3) is 0 Å². The normalized spacial score (nSPS) is 11.4. The lowest BCUT2D eigenvalue weighted by Gasteiger charge is -2.15. The molecule has 15 heavy (non-hydrogen) atoms. The Kier molecular flexibility index (Phi) is 3.22. The lowest BCUT2D eigenvalue weighted by molar-refractivity contribution is 0.370. The Morgan fingerprint density at radius 1 is 0.933 bits per heavy atom. The quantitative estimate of drug-likeness (QED) is 0.737. The molecule has 0 unspecified atom stereocenters. The van der Waals surface area contributed by atoms with Crippen LogP contribution < -0.4 is 0 Å². The number of phenolic OH excluding ortho intramolecular Hbond substituents is 2. The first-order valence-corrected chi connectivity index (χ1v) is 5.10. The molecule has 2 nitrogen and oxygen atoms in total. The van der Waals surface area contributed by atoms with Crippen LogP contribution >= 0.6 is 0 Å². The van der Waals surface area contributed by atoms with E-state index < -0.39 is 11.6 Å². The minimum Gasteiger partial charge on any atom is -0.504 e. The third kappa shape index (κ3) is 2.06. The van der Waals surface area contributed by atoms with Crippen molar-refractivity contribution >= 4 is 0 Å². The van der Waals surface area contributed by atoms with Crippen molar-refractivity contribution in [3.63, 3.8) is 0 Å². The minimum absolute atomic E-state index is 0.0194. The van der Waals surface area contributed by atoms with E-state index in [-0.39, 0.29) is 17.6 Å². The van der Waals surface area contributed by atoms with Gasteiger partial charge >= 0.3 is 0 Å². The fraction of sp³-hybridized carbons (Fsp3) is 0.500. The van der Waals surface area contributed by atoms with Crippen LogP contribution in [0.3, 0.4) is 0 Å². The predicted octanol–water partition coefficient (Wildman–Crippen LogP) is 3.48. The molecule has 0 aromatic heterocycles. The van der Waals surface area contributed by atoms with Crippen molar-refractivity contribution in [1.29, 1.82) is 0 Å². The van der Waals surface area contributed by atoms with E-state index >= 15 is 0 Å². The summed E-state index contributed by atoms with van der Waals surface area (Å²) in [6.45, 7) is 7.46. The Morgan fingerprint density at radius 3 is 1.80 bits per heavy atom. The second kappa shape index (κ2) is 4.09. The molecule has 0 spiro atoms. The number of rotatable bonds is 2. The van der Waals surface area contributed by atoms with Gasteiger partial charge in [0.15, 0.2) is 17.3 Å². The van der Waals surface area contributed by atoms with E-state index in [9.17, 15) is 14.6 Å². The molecule has 3 heteroatoms. The van der Waals surface area contributed by atoms with Gasteiger partial charge in [-0.25, -0.2) is 4.39 Å². The van der Waals surface area contributed by atoms with Gasteiger partial charge < -0.3 is 10.2 Å². The fourth-order valence-electron chi connectivity index (χ4n) is 1.54. The predicted molar refractivity (Wildman–Crippen MR) is 57.9 cm³/mol. The van der Waals surface area contributed by atoms with E-state index in [1.165, 1.54) is 0 Å². The van der Waals surface area contributed by atoms with Crippen LogP contribution in [0.2, 0.25) is 0 Å². The number of aromatic hydroxyl groups is 2. The highest BCUT2D eigenvalue weighted by Gasteiger charge is 2.20. The van der Waals surface area contributed by atoms with Crippen molar-refractivity contribution in [3.8, 4) is 11.5 Å². The van der Waals surface area contributed by atoms with Crippen molar-refractivity contribution in [2.24, 2.45) is 0 Å². The fourth-order valence-corrected chi connectivity index (χ4v) is 1.54. The monoisotopic (exact) mass is 212 g/mol. The second-order valence-electron chi connectivity index (χ2n) is 4.38. The smallest absolute Gasteiger partial charge is 0.194 e. The maximum Gasteiger partial charge on any atom is 0.194 e. The number of hydrogen-bond donors (Lipinski definition) is 2. The highest BCUT2D eigenvalue weighted by atomic mass is 19.1. The number of hydrogen-bond acceptors (Lipinski definition) is 2. The van der Waals surface area contributed by atoms with Crippen molar-refractivity contribution in [1.82, 2.24) is 0 Å². The molecule has 2 N–H and O–H groups in total. The SMILES string of the molecule is CC(C)c1cc(C(C)C)c(F)c(O)c1O. The zero-order valence-electron chi connectivity index (χ0n) is 9.50. The summed E-state index contributed by atoms with van der Waals surface area (Å²) in [5, 5.41) is 19.0. The molecule has 0 aliphatic rings. The van der Waals surface area contributed by atoms with E-state index in [0.717, 1.165) is 0 Å². The zero-order chi connectivity index (χ0) is 11.7. The number of halogens is 1. The molecule has 0 saturated heterocycles. The summed E-state index contributed by atoms with van der Waals surface area (Å²) in [5.41, 5.74) is 1.02. The van der Waals surface area contributed by atoms with Crippen molar-refractivity contribution < 1.29 is 14.6 Å². The van der Waals surface area contributed by atoms with Crippen molar-refractivity contribution in [2.45, 2.75) is 39.5 Å². The standard InChI is InChI=1S/C12H17FO2/c1-6(2)8-5-9(7(3)4)11(14)12(15)10(8)13/h5-7,14-15H,1-4H3. The topological polar surface area (TPSA) is 40.5 Å². The highest BCUT2D eigenvalue weighted by molar-refractivity contribution is 5.50. The van der Waals surface area contributed by atoms with E-state index in [0.29, 0.717) is 11.1 Å². The molecule has 0 amide bonds. The van der Waals surface area contributed by atoms with Gasteiger partial charge in [0.05, 0.1) is 0 Å². The molecule has 84 valence electrons. The molecule has 0 atom stereocenters. The number of phenols is 2. The van der Waals surface area contributed by atoms with Crippen LogP contribution in [0.5, 0.6) is 11.5 Å². The molecule has 0 bridgehead atoms. The lowest BCUT2D eigenvalue weighted by atomic mass is 9.94. The van der Waals surface area contributed by atoms with E-state index in [2.05, 4.69) is 0 Å². The minimum atomic E-state index is -0.716. The van der Waals surface area contributed by atoms with Gasteiger partial charge in [0.1, 0.15) is 0 Å². The Morgan fingerprint density at radius 2 is 1.40 bits per heavy atom. The van der Waals surface area contributed by atoms with Gasteiger partial charge in [-0.1, -0.05) is 27.7 Å². The van der Waals surface area contributed by atoms with E-state index in [1.54, 1.807) is 6.07 Å². The summed E-state index contributed by atoms with van der Waals surface area (Å²) in [6, 6.07) is 1.62. The van der Waals surface area contributed by atoms with Gasteiger partial charge in [-0.2, -0.15) is 0 Å². The van der Waals surface area contributed by atoms with Gasteiger partial charge in [-0.3, -0.25) is 0 Å². The van der Waals surface area contributed by atoms with Crippen LogP contribution in [0, 0.1) is 5.82 Å². The van der Waals surface area contributed by atoms with Crippen LogP contribution in [-0.4, -0.2) is 10.2 Å². The van der Waals surface area contributed by atoms with Gasteiger partial charge in [0.2, 0.25) is 0 Å². The molecule has 0 aliphatic heterocycles. The summed E-state index contributed by atoms with van der Waals surface area (Å²) >= 11 is 0. The van der Waals surface area contributed by atoms with E-state index in [1.807, 2.05) is 27.7 Å². The maximum atomic E-state index is 13.5. The van der Waals surface area contributed by atoms with E-state index in [4.69, 9.17) is 0 Å². The highest BCUT2D eigenvalue weighted by Crippen LogP contribution is 2.39. The lowest BCUT2D eigenvalue weighted by Crippen LogP contribution is -1.98. The average Bonchev–Trinajstić information content (AvgIpc) is 2.13. The molecule has 0 aliphatic carbocycles. The van der Waals surface area contributed by atoms with Gasteiger partial charge in [-0.15, -0.1) is 0 Å². The summed E-state index contributed by atoms with van der Waals surface area (Å²) in [4.78, 5) is 0. The Bertz CT molecular complexity index is 338. The van der Waals surface area contributed by atoms with Crippen molar-refractivity contribution in [2.75, 3.05) is 0 Å². The van der Waals surface area contributed by atoms with Crippen LogP contribution in [0.4, 0.5) is 4.39 Å². The molecule has 0 saturated carbocycles. The Hall–Kier alpha value is -1.25. The Labute approximate surface area is 89.4 Å². The zero-order valence-corrected chi connectivity index (χ0v) is 9.50. The van der Waals surface area contributed by atoms with Crippen molar-refractivity contribution in [3.05, 3.63) is 23.0 Å². The van der Waals surface area contributed by atoms with Crippen LogP contribution in [-0.2, 0) is 0 Å². The molecule has 1 aromatic rings. The third-order valence-corrected chi connectivity index (χ3v) is 2.51. The van der Waals surface area contributed by atoms with Gasteiger partial charge in [0, 0.05) is 5.56 Å². The van der Waals surface area contributed by atoms with Gasteiger partial charge in [-0.05, 0) is 23.5 Å². The summed E-state index contributed by atoms with van der Waals surface area (Å²) in [5.74, 6) is -1.66. The third-order valence-electron chi connectivity index (χ3n) is 2.51.